The molecular weight excluding hydrogens is 180 g/mol. The Morgan fingerprint density at radius 3 is 2.50 bits per heavy atom. The van der Waals surface area contributed by atoms with Crippen molar-refractivity contribution in [3.05, 3.63) is 0 Å². The van der Waals surface area contributed by atoms with Gasteiger partial charge in [-0.1, -0.05) is 13.8 Å². The Kier molecular flexibility index (Phi) is 7.42. The second-order valence-corrected chi connectivity index (χ2v) is 3.81. The van der Waals surface area contributed by atoms with Crippen molar-refractivity contribution >= 4 is 5.91 Å². The minimum Gasteiger partial charge on any atom is -0.383 e. The lowest BCUT2D eigenvalue weighted by Gasteiger charge is -2.15. The summed E-state index contributed by atoms with van der Waals surface area (Å²) >= 11 is 0. The van der Waals surface area contributed by atoms with Crippen molar-refractivity contribution in [1.82, 2.24) is 10.6 Å². The van der Waals surface area contributed by atoms with Crippen LogP contribution >= 0.6 is 0 Å². The van der Waals surface area contributed by atoms with Crippen LogP contribution in [-0.4, -0.2) is 38.8 Å². The number of hydrogen-bond donors (Lipinski definition) is 2. The molecular formula is C10H22N2O2. The standard InChI is InChI=1S/C10H22N2O2/c1-8(2)7-12-9(3)10(13)11-5-6-14-4/h8-9,12H,5-7H2,1-4H3,(H,11,13). The number of hydrogen-bond acceptors (Lipinski definition) is 3. The Bertz CT molecular complexity index is 160. The van der Waals surface area contributed by atoms with E-state index in [0.717, 1.165) is 6.54 Å². The van der Waals surface area contributed by atoms with E-state index in [9.17, 15) is 4.79 Å². The molecule has 0 fully saturated rings. The molecule has 4 heteroatoms. The van der Waals surface area contributed by atoms with Crippen molar-refractivity contribution in [3.8, 4) is 0 Å². The number of amides is 1. The molecule has 0 aliphatic heterocycles. The van der Waals surface area contributed by atoms with E-state index in [4.69, 9.17) is 4.74 Å². The largest absolute Gasteiger partial charge is 0.383 e. The summed E-state index contributed by atoms with van der Waals surface area (Å²) < 4.78 is 4.84. The van der Waals surface area contributed by atoms with Crippen LogP contribution in [0.3, 0.4) is 0 Å². The van der Waals surface area contributed by atoms with E-state index in [0.29, 0.717) is 19.1 Å². The van der Waals surface area contributed by atoms with E-state index < -0.39 is 0 Å². The van der Waals surface area contributed by atoms with Crippen LogP contribution in [-0.2, 0) is 9.53 Å². The summed E-state index contributed by atoms with van der Waals surface area (Å²) in [5.74, 6) is 0.590. The molecule has 2 N–H and O–H groups in total. The van der Waals surface area contributed by atoms with Gasteiger partial charge in [0.25, 0.3) is 0 Å². The molecule has 0 heterocycles. The van der Waals surface area contributed by atoms with Crippen LogP contribution in [0.15, 0.2) is 0 Å². The minimum absolute atomic E-state index is 0.0303. The molecule has 0 rings (SSSR count). The van der Waals surface area contributed by atoms with Gasteiger partial charge in [-0.2, -0.15) is 0 Å². The minimum atomic E-state index is -0.130. The Hall–Kier alpha value is -0.610. The van der Waals surface area contributed by atoms with Crippen LogP contribution in [0, 0.1) is 5.92 Å². The molecule has 84 valence electrons. The zero-order valence-electron chi connectivity index (χ0n) is 9.59. The van der Waals surface area contributed by atoms with Gasteiger partial charge in [0.05, 0.1) is 12.6 Å². The van der Waals surface area contributed by atoms with E-state index in [-0.39, 0.29) is 11.9 Å². The Morgan fingerprint density at radius 1 is 1.36 bits per heavy atom. The molecule has 0 spiro atoms. The number of rotatable bonds is 7. The van der Waals surface area contributed by atoms with Crippen molar-refractivity contribution in [2.24, 2.45) is 5.92 Å². The number of methoxy groups -OCH3 is 1. The van der Waals surface area contributed by atoms with E-state index in [1.54, 1.807) is 7.11 Å². The highest BCUT2D eigenvalue weighted by atomic mass is 16.5. The molecule has 1 atom stereocenters. The third-order valence-corrected chi connectivity index (χ3v) is 1.83. The highest BCUT2D eigenvalue weighted by Crippen LogP contribution is 1.90. The normalized spacial score (nSPS) is 12.9. The Labute approximate surface area is 86.4 Å². The number of carbonyl (C=O) groups excluding carboxylic acids is 1. The van der Waals surface area contributed by atoms with Crippen molar-refractivity contribution in [2.75, 3.05) is 26.8 Å². The average molecular weight is 202 g/mol. The van der Waals surface area contributed by atoms with Crippen molar-refractivity contribution in [3.63, 3.8) is 0 Å². The van der Waals surface area contributed by atoms with Crippen LogP contribution in [0.2, 0.25) is 0 Å². The van der Waals surface area contributed by atoms with E-state index in [1.807, 2.05) is 6.92 Å². The molecule has 1 amide bonds. The monoisotopic (exact) mass is 202 g/mol. The van der Waals surface area contributed by atoms with Gasteiger partial charge in [-0.25, -0.2) is 0 Å². The van der Waals surface area contributed by atoms with E-state index >= 15 is 0 Å². The second-order valence-electron chi connectivity index (χ2n) is 3.81. The summed E-state index contributed by atoms with van der Waals surface area (Å²) in [6.45, 7) is 8.08. The van der Waals surface area contributed by atoms with Gasteiger partial charge in [0, 0.05) is 13.7 Å². The molecule has 0 aromatic heterocycles. The molecule has 0 radical (unpaired) electrons. The van der Waals surface area contributed by atoms with Crippen molar-refractivity contribution in [2.45, 2.75) is 26.8 Å². The number of nitrogens with one attached hydrogen (secondary N) is 2. The predicted molar refractivity (Wildman–Crippen MR) is 57.2 cm³/mol. The summed E-state index contributed by atoms with van der Waals surface area (Å²) in [5, 5.41) is 5.94. The predicted octanol–water partition coefficient (Wildman–Crippen LogP) is 0.383. The molecule has 0 aliphatic carbocycles. The fraction of sp³-hybridized carbons (Fsp3) is 0.900. The highest BCUT2D eigenvalue weighted by Gasteiger charge is 2.11. The topological polar surface area (TPSA) is 50.4 Å². The lowest BCUT2D eigenvalue weighted by molar-refractivity contribution is -0.122. The Balaban J connectivity index is 3.54. The molecule has 0 bridgehead atoms. The Morgan fingerprint density at radius 2 is 2.00 bits per heavy atom. The first-order valence-corrected chi connectivity index (χ1v) is 5.08. The molecule has 0 saturated carbocycles. The van der Waals surface area contributed by atoms with Crippen molar-refractivity contribution in [1.29, 1.82) is 0 Å². The van der Waals surface area contributed by atoms with E-state index in [1.165, 1.54) is 0 Å². The van der Waals surface area contributed by atoms with Gasteiger partial charge in [0.1, 0.15) is 0 Å². The van der Waals surface area contributed by atoms with Gasteiger partial charge in [-0.15, -0.1) is 0 Å². The van der Waals surface area contributed by atoms with Gasteiger partial charge in [0.2, 0.25) is 5.91 Å². The third-order valence-electron chi connectivity index (χ3n) is 1.83. The number of ether oxygens (including phenoxy) is 1. The smallest absolute Gasteiger partial charge is 0.236 e. The average Bonchev–Trinajstić information content (AvgIpc) is 2.14. The zero-order valence-corrected chi connectivity index (χ0v) is 9.59. The first kappa shape index (κ1) is 13.4. The van der Waals surface area contributed by atoms with Crippen LogP contribution < -0.4 is 10.6 Å². The summed E-state index contributed by atoms with van der Waals surface area (Å²) in [6, 6.07) is -0.130. The summed E-state index contributed by atoms with van der Waals surface area (Å²) in [6.07, 6.45) is 0. The molecule has 0 saturated heterocycles. The maximum Gasteiger partial charge on any atom is 0.236 e. The maximum absolute atomic E-state index is 11.4. The molecule has 0 aliphatic rings. The van der Waals surface area contributed by atoms with Crippen LogP contribution in [0.5, 0.6) is 0 Å². The fourth-order valence-corrected chi connectivity index (χ4v) is 0.935. The molecule has 1 unspecified atom stereocenters. The first-order chi connectivity index (χ1) is 6.57. The lowest BCUT2D eigenvalue weighted by atomic mass is 10.2. The fourth-order valence-electron chi connectivity index (χ4n) is 0.935. The van der Waals surface area contributed by atoms with Crippen LogP contribution in [0.4, 0.5) is 0 Å². The van der Waals surface area contributed by atoms with Gasteiger partial charge in [-0.05, 0) is 19.4 Å². The first-order valence-electron chi connectivity index (χ1n) is 5.08. The molecule has 0 aromatic rings. The zero-order chi connectivity index (χ0) is 11.0. The summed E-state index contributed by atoms with van der Waals surface area (Å²) in [7, 11) is 1.62. The van der Waals surface area contributed by atoms with Crippen LogP contribution in [0.1, 0.15) is 20.8 Å². The molecule has 4 nitrogen and oxygen atoms in total. The van der Waals surface area contributed by atoms with Crippen molar-refractivity contribution < 1.29 is 9.53 Å². The maximum atomic E-state index is 11.4. The lowest BCUT2D eigenvalue weighted by Crippen LogP contribution is -2.44. The quantitative estimate of drug-likeness (QED) is 0.587. The van der Waals surface area contributed by atoms with Gasteiger partial charge in [-0.3, -0.25) is 4.79 Å². The molecule has 14 heavy (non-hydrogen) atoms. The highest BCUT2D eigenvalue weighted by molar-refractivity contribution is 5.81. The SMILES string of the molecule is COCCNC(=O)C(C)NCC(C)C. The van der Waals surface area contributed by atoms with Gasteiger partial charge >= 0.3 is 0 Å². The molecule has 0 aromatic carbocycles. The van der Waals surface area contributed by atoms with Gasteiger partial charge in [0.15, 0.2) is 0 Å². The van der Waals surface area contributed by atoms with Crippen LogP contribution in [0.25, 0.3) is 0 Å². The second kappa shape index (κ2) is 7.76. The van der Waals surface area contributed by atoms with Gasteiger partial charge < -0.3 is 15.4 Å². The summed E-state index contributed by atoms with van der Waals surface area (Å²) in [4.78, 5) is 11.4. The summed E-state index contributed by atoms with van der Waals surface area (Å²) in [5.41, 5.74) is 0. The third kappa shape index (κ3) is 6.86. The number of carbonyl (C=O) groups is 1. The van der Waals surface area contributed by atoms with E-state index in [2.05, 4.69) is 24.5 Å².